The third kappa shape index (κ3) is 7.49. The quantitative estimate of drug-likeness (QED) is 0.540. The molecule has 84 valence electrons. The minimum Gasteiger partial charge on any atom is -0.447 e. The molecule has 0 spiro atoms. The number of ether oxygens (including phenoxy) is 1. The molecule has 0 aromatic carbocycles. The van der Waals surface area contributed by atoms with Gasteiger partial charge in [-0.1, -0.05) is 12.7 Å². The maximum absolute atomic E-state index is 11.1. The fraction of sp³-hybridized carbons (Fsp3) is 0.455. The van der Waals surface area contributed by atoms with Crippen LogP contribution in [0.2, 0.25) is 0 Å². The van der Waals surface area contributed by atoms with Crippen molar-refractivity contribution in [1.82, 2.24) is 5.32 Å². The highest BCUT2D eigenvalue weighted by molar-refractivity contribution is 5.67. The van der Waals surface area contributed by atoms with Gasteiger partial charge in [-0.2, -0.15) is 0 Å². The van der Waals surface area contributed by atoms with Crippen LogP contribution in [0.1, 0.15) is 20.3 Å². The van der Waals surface area contributed by atoms with Crippen LogP contribution in [0.25, 0.3) is 0 Å². The Morgan fingerprint density at radius 1 is 1.60 bits per heavy atom. The predicted octanol–water partition coefficient (Wildman–Crippen LogP) is 2.28. The highest BCUT2D eigenvalue weighted by atomic mass is 16.6. The molecular weight excluding hydrogens is 192 g/mol. The summed E-state index contributed by atoms with van der Waals surface area (Å²) in [5.41, 5.74) is 0.787. The van der Waals surface area contributed by atoms with Gasteiger partial charge in [-0.15, -0.1) is 0 Å². The van der Waals surface area contributed by atoms with Gasteiger partial charge in [0.2, 0.25) is 0 Å². The van der Waals surface area contributed by atoms with Crippen molar-refractivity contribution in [3.05, 3.63) is 24.4 Å². The normalized spacial score (nSPS) is 11.0. The van der Waals surface area contributed by atoms with Crippen LogP contribution < -0.4 is 5.32 Å². The Labute approximate surface area is 90.7 Å². The summed E-state index contributed by atoms with van der Waals surface area (Å²) < 4.78 is 4.89. The van der Waals surface area contributed by atoms with Crippen LogP contribution in [0.4, 0.5) is 4.79 Å². The Hall–Kier alpha value is -1.58. The molecule has 0 atom stereocenters. The van der Waals surface area contributed by atoms with Gasteiger partial charge >= 0.3 is 6.09 Å². The highest BCUT2D eigenvalue weighted by Gasteiger charge is 2.03. The fourth-order valence-electron chi connectivity index (χ4n) is 0.900. The summed E-state index contributed by atoms with van der Waals surface area (Å²) >= 11 is 0. The number of carbonyl (C=O) groups excluding carboxylic acids is 1. The van der Waals surface area contributed by atoms with Crippen molar-refractivity contribution < 1.29 is 9.53 Å². The number of alkyl carbamates (subject to hydrolysis) is 1. The maximum atomic E-state index is 11.1. The second kappa shape index (κ2) is 7.79. The van der Waals surface area contributed by atoms with Crippen LogP contribution in [0.5, 0.6) is 0 Å². The molecule has 0 saturated carbocycles. The molecule has 0 saturated heterocycles. The van der Waals surface area contributed by atoms with Crippen LogP contribution in [-0.4, -0.2) is 25.5 Å². The Bertz CT molecular complexity index is 257. The van der Waals surface area contributed by atoms with E-state index >= 15 is 0 Å². The van der Waals surface area contributed by atoms with E-state index in [2.05, 4.69) is 23.6 Å². The molecule has 0 aliphatic heterocycles. The standard InChI is InChI=1S/C11H18N2O2/c1-5-6-10(12-4)7-8-13-11(14)15-9(2)3/h5-6,9H,1,4,7-8H2,2-3H3,(H,13,14)/b10-6-. The van der Waals surface area contributed by atoms with E-state index in [1.165, 1.54) is 0 Å². The molecule has 0 aromatic heterocycles. The summed E-state index contributed by atoms with van der Waals surface area (Å²) in [4.78, 5) is 14.8. The summed E-state index contributed by atoms with van der Waals surface area (Å²) in [6, 6.07) is 0. The van der Waals surface area contributed by atoms with Crippen LogP contribution in [0.3, 0.4) is 0 Å². The molecule has 4 heteroatoms. The van der Waals surface area contributed by atoms with Gasteiger partial charge < -0.3 is 10.1 Å². The fourth-order valence-corrected chi connectivity index (χ4v) is 0.900. The molecule has 0 unspecified atom stereocenters. The lowest BCUT2D eigenvalue weighted by atomic mass is 10.3. The van der Waals surface area contributed by atoms with E-state index < -0.39 is 6.09 Å². The molecule has 0 aliphatic rings. The van der Waals surface area contributed by atoms with Crippen molar-refractivity contribution in [1.29, 1.82) is 0 Å². The van der Waals surface area contributed by atoms with Gasteiger partial charge in [-0.05, 0) is 26.6 Å². The molecule has 0 heterocycles. The van der Waals surface area contributed by atoms with Gasteiger partial charge in [0.15, 0.2) is 0 Å². The Balaban J connectivity index is 3.78. The van der Waals surface area contributed by atoms with Crippen molar-refractivity contribution in [3.8, 4) is 0 Å². The number of nitrogens with zero attached hydrogens (tertiary/aromatic N) is 1. The topological polar surface area (TPSA) is 50.7 Å². The first kappa shape index (κ1) is 13.4. The zero-order valence-electron chi connectivity index (χ0n) is 9.32. The first-order valence-corrected chi connectivity index (χ1v) is 4.83. The Kier molecular flexibility index (Phi) is 6.97. The monoisotopic (exact) mass is 210 g/mol. The highest BCUT2D eigenvalue weighted by Crippen LogP contribution is 2.01. The largest absolute Gasteiger partial charge is 0.447 e. The van der Waals surface area contributed by atoms with Crippen LogP contribution in [-0.2, 0) is 4.74 Å². The molecule has 1 amide bonds. The molecule has 0 rings (SSSR count). The van der Waals surface area contributed by atoms with Gasteiger partial charge in [-0.3, -0.25) is 4.99 Å². The molecule has 0 aliphatic carbocycles. The van der Waals surface area contributed by atoms with Gasteiger partial charge in [0.05, 0.1) is 6.10 Å². The van der Waals surface area contributed by atoms with Gasteiger partial charge in [0, 0.05) is 18.7 Å². The van der Waals surface area contributed by atoms with Crippen molar-refractivity contribution >= 4 is 12.8 Å². The van der Waals surface area contributed by atoms with E-state index in [1.54, 1.807) is 26.0 Å². The average Bonchev–Trinajstić information content (AvgIpc) is 2.15. The zero-order chi connectivity index (χ0) is 11.7. The van der Waals surface area contributed by atoms with Crippen LogP contribution in [0, 0.1) is 0 Å². The number of rotatable bonds is 6. The molecule has 0 bridgehead atoms. The number of carbonyl (C=O) groups is 1. The number of allylic oxidation sites excluding steroid dienone is 2. The Morgan fingerprint density at radius 2 is 2.27 bits per heavy atom. The minimum absolute atomic E-state index is 0.106. The zero-order valence-corrected chi connectivity index (χ0v) is 9.32. The van der Waals surface area contributed by atoms with Crippen LogP contribution >= 0.6 is 0 Å². The lowest BCUT2D eigenvalue weighted by Gasteiger charge is -2.09. The smallest absolute Gasteiger partial charge is 0.407 e. The summed E-state index contributed by atoms with van der Waals surface area (Å²) in [5, 5.41) is 2.61. The van der Waals surface area contributed by atoms with E-state index in [0.29, 0.717) is 13.0 Å². The van der Waals surface area contributed by atoms with Gasteiger partial charge in [0.1, 0.15) is 0 Å². The average molecular weight is 210 g/mol. The summed E-state index contributed by atoms with van der Waals surface area (Å²) in [7, 11) is 0. The van der Waals surface area contributed by atoms with Crippen molar-refractivity contribution in [3.63, 3.8) is 0 Å². The van der Waals surface area contributed by atoms with E-state index in [0.717, 1.165) is 5.70 Å². The molecule has 0 fully saturated rings. The van der Waals surface area contributed by atoms with Crippen molar-refractivity contribution in [2.75, 3.05) is 6.54 Å². The van der Waals surface area contributed by atoms with Gasteiger partial charge in [-0.25, -0.2) is 4.79 Å². The van der Waals surface area contributed by atoms with E-state index in [1.807, 2.05) is 0 Å². The molecule has 0 radical (unpaired) electrons. The predicted molar refractivity (Wildman–Crippen MR) is 62.1 cm³/mol. The summed E-state index contributed by atoms with van der Waals surface area (Å²) in [5.74, 6) is 0. The number of hydrogen-bond acceptors (Lipinski definition) is 3. The number of hydrogen-bond donors (Lipinski definition) is 1. The van der Waals surface area contributed by atoms with Crippen LogP contribution in [0.15, 0.2) is 29.4 Å². The summed E-state index contributed by atoms with van der Waals surface area (Å²) in [6.45, 7) is 11.0. The molecular formula is C11H18N2O2. The Morgan fingerprint density at radius 3 is 2.73 bits per heavy atom. The molecule has 0 aromatic rings. The lowest BCUT2D eigenvalue weighted by Crippen LogP contribution is -2.27. The first-order chi connectivity index (χ1) is 7.10. The summed E-state index contributed by atoms with van der Waals surface area (Å²) in [6.07, 6.45) is 3.49. The number of nitrogens with one attached hydrogen (secondary N) is 1. The van der Waals surface area contributed by atoms with E-state index in [4.69, 9.17) is 4.74 Å². The molecule has 4 nitrogen and oxygen atoms in total. The SMILES string of the molecule is C=C/C=C(/CCNC(=O)OC(C)C)N=C. The van der Waals surface area contributed by atoms with E-state index in [9.17, 15) is 4.79 Å². The molecule has 1 N–H and O–H groups in total. The third-order valence-electron chi connectivity index (χ3n) is 1.51. The van der Waals surface area contributed by atoms with Crippen molar-refractivity contribution in [2.24, 2.45) is 4.99 Å². The number of aliphatic imine (C=N–C) groups is 1. The minimum atomic E-state index is -0.410. The second-order valence-electron chi connectivity index (χ2n) is 3.18. The first-order valence-electron chi connectivity index (χ1n) is 4.83. The van der Waals surface area contributed by atoms with Gasteiger partial charge in [0.25, 0.3) is 0 Å². The lowest BCUT2D eigenvalue weighted by molar-refractivity contribution is 0.116. The third-order valence-corrected chi connectivity index (χ3v) is 1.51. The molecule has 15 heavy (non-hydrogen) atoms. The van der Waals surface area contributed by atoms with E-state index in [-0.39, 0.29) is 6.10 Å². The maximum Gasteiger partial charge on any atom is 0.407 e. The van der Waals surface area contributed by atoms with Crippen molar-refractivity contribution in [2.45, 2.75) is 26.4 Å². The second-order valence-corrected chi connectivity index (χ2v) is 3.18. The number of amides is 1.